The Morgan fingerprint density at radius 2 is 2.06 bits per heavy atom. The normalized spacial score (nSPS) is 19.8. The van der Waals surface area contributed by atoms with Crippen LogP contribution in [0.25, 0.3) is 0 Å². The van der Waals surface area contributed by atoms with Gasteiger partial charge in [-0.25, -0.2) is 0 Å². The van der Waals surface area contributed by atoms with E-state index in [4.69, 9.17) is 0 Å². The highest BCUT2D eigenvalue weighted by atomic mass is 16.2. The van der Waals surface area contributed by atoms with E-state index in [0.29, 0.717) is 5.91 Å². The van der Waals surface area contributed by atoms with Crippen LogP contribution in [0.3, 0.4) is 0 Å². The first-order valence-electron chi connectivity index (χ1n) is 6.59. The summed E-state index contributed by atoms with van der Waals surface area (Å²) in [6.45, 7) is 9.19. The van der Waals surface area contributed by atoms with Gasteiger partial charge in [0, 0.05) is 31.6 Å². The first-order valence-corrected chi connectivity index (χ1v) is 6.59. The summed E-state index contributed by atoms with van der Waals surface area (Å²) in [6, 6.07) is 0. The zero-order valence-electron chi connectivity index (χ0n) is 11.0. The Morgan fingerprint density at radius 1 is 1.31 bits per heavy atom. The van der Waals surface area contributed by atoms with Gasteiger partial charge in [-0.15, -0.1) is 0 Å². The van der Waals surface area contributed by atoms with Crippen molar-refractivity contribution in [2.24, 2.45) is 0 Å². The molecule has 0 aromatic rings. The number of hydrogen-bond acceptors (Lipinski definition) is 2. The smallest absolute Gasteiger partial charge is 0.223 e. The molecule has 94 valence electrons. The van der Waals surface area contributed by atoms with Gasteiger partial charge < -0.3 is 10.2 Å². The molecule has 0 radical (unpaired) electrons. The molecule has 0 aromatic heterocycles. The molecule has 1 saturated heterocycles. The quantitative estimate of drug-likeness (QED) is 0.729. The molecule has 0 saturated carbocycles. The minimum absolute atomic E-state index is 0.0138. The van der Waals surface area contributed by atoms with Gasteiger partial charge in [0.15, 0.2) is 0 Å². The van der Waals surface area contributed by atoms with Crippen LogP contribution in [0.2, 0.25) is 0 Å². The number of unbranched alkanes of at least 4 members (excludes halogenated alkanes) is 3. The highest BCUT2D eigenvalue weighted by Crippen LogP contribution is 2.18. The third-order valence-corrected chi connectivity index (χ3v) is 3.35. The van der Waals surface area contributed by atoms with Crippen LogP contribution in [-0.4, -0.2) is 36.0 Å². The van der Waals surface area contributed by atoms with Gasteiger partial charge in [-0.1, -0.05) is 26.2 Å². The molecule has 1 rings (SSSR count). The maximum atomic E-state index is 12.1. The molecule has 0 aromatic carbocycles. The van der Waals surface area contributed by atoms with E-state index in [0.717, 1.165) is 32.5 Å². The lowest BCUT2D eigenvalue weighted by molar-refractivity contribution is -0.137. The maximum Gasteiger partial charge on any atom is 0.223 e. The van der Waals surface area contributed by atoms with E-state index in [1.807, 2.05) is 0 Å². The van der Waals surface area contributed by atoms with E-state index >= 15 is 0 Å². The van der Waals surface area contributed by atoms with Crippen LogP contribution in [0.4, 0.5) is 0 Å². The molecule has 3 nitrogen and oxygen atoms in total. The summed E-state index contributed by atoms with van der Waals surface area (Å²) in [6.07, 6.45) is 5.44. The molecule has 1 fully saturated rings. The number of carbonyl (C=O) groups is 1. The van der Waals surface area contributed by atoms with Crippen LogP contribution in [-0.2, 0) is 4.79 Å². The zero-order valence-corrected chi connectivity index (χ0v) is 11.0. The Balaban J connectivity index is 2.34. The van der Waals surface area contributed by atoms with Gasteiger partial charge in [-0.3, -0.25) is 4.79 Å². The van der Waals surface area contributed by atoms with Gasteiger partial charge in [-0.2, -0.15) is 0 Å². The number of hydrogen-bond donors (Lipinski definition) is 1. The summed E-state index contributed by atoms with van der Waals surface area (Å²) in [5.41, 5.74) is -0.0138. The van der Waals surface area contributed by atoms with E-state index in [2.05, 4.69) is 31.0 Å². The minimum atomic E-state index is -0.0138. The third kappa shape index (κ3) is 3.78. The molecule has 16 heavy (non-hydrogen) atoms. The Bertz CT molecular complexity index is 226. The molecule has 3 heteroatoms. The highest BCUT2D eigenvalue weighted by Gasteiger charge is 2.32. The van der Waals surface area contributed by atoms with Gasteiger partial charge in [0.25, 0.3) is 0 Å². The van der Waals surface area contributed by atoms with Crippen molar-refractivity contribution in [2.45, 2.75) is 58.4 Å². The second-order valence-electron chi connectivity index (χ2n) is 5.35. The summed E-state index contributed by atoms with van der Waals surface area (Å²) in [7, 11) is 0. The summed E-state index contributed by atoms with van der Waals surface area (Å²) < 4.78 is 0. The predicted molar refractivity (Wildman–Crippen MR) is 67.4 cm³/mol. The molecule has 0 atom stereocenters. The van der Waals surface area contributed by atoms with Crippen LogP contribution >= 0.6 is 0 Å². The molecule has 0 spiro atoms. The van der Waals surface area contributed by atoms with Crippen molar-refractivity contribution in [3.8, 4) is 0 Å². The number of nitrogens with zero attached hydrogens (tertiary/aromatic N) is 1. The van der Waals surface area contributed by atoms with E-state index in [-0.39, 0.29) is 5.54 Å². The molecule has 1 heterocycles. The summed E-state index contributed by atoms with van der Waals surface area (Å²) in [5, 5.41) is 3.34. The molecule has 1 aliphatic rings. The fourth-order valence-electron chi connectivity index (χ4n) is 2.28. The van der Waals surface area contributed by atoms with Crippen molar-refractivity contribution in [3.63, 3.8) is 0 Å². The van der Waals surface area contributed by atoms with Crippen molar-refractivity contribution >= 4 is 5.91 Å². The van der Waals surface area contributed by atoms with Gasteiger partial charge in [0.2, 0.25) is 5.91 Å². The van der Waals surface area contributed by atoms with E-state index < -0.39 is 0 Å². The fourth-order valence-corrected chi connectivity index (χ4v) is 2.28. The van der Waals surface area contributed by atoms with Crippen molar-refractivity contribution in [1.29, 1.82) is 0 Å². The summed E-state index contributed by atoms with van der Waals surface area (Å²) in [5.74, 6) is 0.336. The van der Waals surface area contributed by atoms with Crippen molar-refractivity contribution in [2.75, 3.05) is 19.6 Å². The van der Waals surface area contributed by atoms with Gasteiger partial charge >= 0.3 is 0 Å². The number of rotatable bonds is 5. The molecular formula is C13H26N2O. The van der Waals surface area contributed by atoms with E-state index in [1.54, 1.807) is 0 Å². The summed E-state index contributed by atoms with van der Waals surface area (Å²) >= 11 is 0. The Morgan fingerprint density at radius 3 is 2.69 bits per heavy atom. The first kappa shape index (κ1) is 13.5. The average molecular weight is 226 g/mol. The number of piperazine rings is 1. The van der Waals surface area contributed by atoms with E-state index in [9.17, 15) is 4.79 Å². The van der Waals surface area contributed by atoms with Crippen molar-refractivity contribution in [3.05, 3.63) is 0 Å². The molecule has 1 N–H and O–H groups in total. The zero-order chi connectivity index (χ0) is 12.0. The van der Waals surface area contributed by atoms with Gasteiger partial charge in [0.1, 0.15) is 0 Å². The van der Waals surface area contributed by atoms with Crippen LogP contribution in [0.1, 0.15) is 52.9 Å². The molecule has 0 bridgehead atoms. The molecule has 1 aliphatic heterocycles. The van der Waals surface area contributed by atoms with Gasteiger partial charge in [-0.05, 0) is 20.3 Å². The van der Waals surface area contributed by atoms with Crippen molar-refractivity contribution in [1.82, 2.24) is 10.2 Å². The number of amides is 1. The van der Waals surface area contributed by atoms with Crippen molar-refractivity contribution < 1.29 is 4.79 Å². The molecule has 0 aliphatic carbocycles. The van der Waals surface area contributed by atoms with Crippen LogP contribution in [0, 0.1) is 0 Å². The van der Waals surface area contributed by atoms with Gasteiger partial charge in [0.05, 0.1) is 0 Å². The Kier molecular flexibility index (Phi) is 5.26. The fraction of sp³-hybridized carbons (Fsp3) is 0.923. The molecule has 0 unspecified atom stereocenters. The Hall–Kier alpha value is -0.570. The molecular weight excluding hydrogens is 200 g/mol. The second-order valence-corrected chi connectivity index (χ2v) is 5.35. The van der Waals surface area contributed by atoms with Crippen LogP contribution in [0.15, 0.2) is 0 Å². The second kappa shape index (κ2) is 6.24. The minimum Gasteiger partial charge on any atom is -0.335 e. The Labute approximate surface area is 99.6 Å². The first-order chi connectivity index (χ1) is 7.58. The number of carbonyl (C=O) groups excluding carboxylic acids is 1. The third-order valence-electron chi connectivity index (χ3n) is 3.35. The average Bonchev–Trinajstić information content (AvgIpc) is 2.23. The lowest BCUT2D eigenvalue weighted by atomic mass is 9.99. The van der Waals surface area contributed by atoms with E-state index in [1.165, 1.54) is 19.3 Å². The summed E-state index contributed by atoms with van der Waals surface area (Å²) in [4.78, 5) is 14.1. The lowest BCUT2D eigenvalue weighted by Crippen LogP contribution is -2.59. The predicted octanol–water partition coefficient (Wildman–Crippen LogP) is 2.17. The number of nitrogens with one attached hydrogen (secondary N) is 1. The standard InChI is InChI=1S/C13H26N2O/c1-4-5-6-7-8-12(16)15-10-9-14-11-13(15,2)3/h14H,4-11H2,1-3H3. The van der Waals surface area contributed by atoms with Crippen LogP contribution < -0.4 is 5.32 Å². The SMILES string of the molecule is CCCCCCC(=O)N1CCNCC1(C)C. The topological polar surface area (TPSA) is 32.3 Å². The molecule has 1 amide bonds. The maximum absolute atomic E-state index is 12.1. The highest BCUT2D eigenvalue weighted by molar-refractivity contribution is 5.77. The lowest BCUT2D eigenvalue weighted by Gasteiger charge is -2.43. The largest absolute Gasteiger partial charge is 0.335 e. The van der Waals surface area contributed by atoms with Crippen LogP contribution in [0.5, 0.6) is 0 Å². The monoisotopic (exact) mass is 226 g/mol.